The minimum absolute atomic E-state index is 0.132. The maximum Gasteiger partial charge on any atom is 0.358 e. The van der Waals surface area contributed by atoms with E-state index in [-0.39, 0.29) is 5.69 Å². The van der Waals surface area contributed by atoms with Gasteiger partial charge < -0.3 is 14.6 Å². The van der Waals surface area contributed by atoms with E-state index in [1.165, 1.54) is 6.07 Å². The molecule has 1 aromatic carbocycles. The molecule has 90 valence electrons. The summed E-state index contributed by atoms with van der Waals surface area (Å²) in [7, 11) is 0. The first-order chi connectivity index (χ1) is 8.65. The second-order valence-corrected chi connectivity index (χ2v) is 4.19. The third kappa shape index (κ3) is 1.65. The van der Waals surface area contributed by atoms with Gasteiger partial charge in [0.25, 0.3) is 0 Å². The Morgan fingerprint density at radius 1 is 1.39 bits per heavy atom. The monoisotopic (exact) mass is 262 g/mol. The lowest BCUT2D eigenvalue weighted by atomic mass is 10.1. The Bertz CT molecular complexity index is 745. The Hall–Kier alpha value is -2.27. The Labute approximate surface area is 106 Å². The second kappa shape index (κ2) is 3.89. The highest BCUT2D eigenvalue weighted by Crippen LogP contribution is 2.30. The molecular formula is C12H7ClN2O3. The number of aromatic carboxylic acids is 1. The largest absolute Gasteiger partial charge is 0.476 e. The van der Waals surface area contributed by atoms with E-state index < -0.39 is 5.97 Å². The van der Waals surface area contributed by atoms with Gasteiger partial charge in [0.1, 0.15) is 0 Å². The van der Waals surface area contributed by atoms with Gasteiger partial charge in [0.05, 0.1) is 5.02 Å². The molecule has 0 saturated heterocycles. The molecule has 2 N–H and O–H groups in total. The van der Waals surface area contributed by atoms with Crippen molar-refractivity contribution in [3.8, 4) is 11.3 Å². The molecule has 5 nitrogen and oxygen atoms in total. The van der Waals surface area contributed by atoms with Crippen LogP contribution in [-0.2, 0) is 0 Å². The summed E-state index contributed by atoms with van der Waals surface area (Å²) in [5.41, 5.74) is 1.40. The highest BCUT2D eigenvalue weighted by atomic mass is 35.5. The highest BCUT2D eigenvalue weighted by Gasteiger charge is 2.13. The van der Waals surface area contributed by atoms with E-state index in [2.05, 4.69) is 10.1 Å². The number of rotatable bonds is 2. The van der Waals surface area contributed by atoms with Crippen LogP contribution in [0.1, 0.15) is 10.5 Å². The van der Waals surface area contributed by atoms with Gasteiger partial charge >= 0.3 is 5.97 Å². The number of aromatic nitrogens is 2. The van der Waals surface area contributed by atoms with Crippen molar-refractivity contribution in [1.29, 1.82) is 0 Å². The molecule has 0 aliphatic heterocycles. The molecule has 2 aromatic heterocycles. The third-order valence-electron chi connectivity index (χ3n) is 2.63. The minimum Gasteiger partial charge on any atom is -0.476 e. The molecule has 0 aliphatic rings. The van der Waals surface area contributed by atoms with Gasteiger partial charge in [0, 0.05) is 28.7 Å². The molecule has 0 radical (unpaired) electrons. The number of aromatic amines is 1. The van der Waals surface area contributed by atoms with Crippen LogP contribution >= 0.6 is 11.6 Å². The number of hydrogen-bond donors (Lipinski definition) is 2. The fourth-order valence-electron chi connectivity index (χ4n) is 1.78. The third-order valence-corrected chi connectivity index (χ3v) is 2.94. The van der Waals surface area contributed by atoms with Crippen molar-refractivity contribution in [2.24, 2.45) is 0 Å². The van der Waals surface area contributed by atoms with Crippen LogP contribution in [0.15, 0.2) is 35.0 Å². The van der Waals surface area contributed by atoms with E-state index in [0.29, 0.717) is 16.3 Å². The molecule has 0 aliphatic carbocycles. The second-order valence-electron chi connectivity index (χ2n) is 3.78. The van der Waals surface area contributed by atoms with Crippen molar-refractivity contribution in [2.75, 3.05) is 0 Å². The summed E-state index contributed by atoms with van der Waals surface area (Å²) in [6.45, 7) is 0. The maximum atomic E-state index is 10.7. The van der Waals surface area contributed by atoms with E-state index in [9.17, 15) is 4.79 Å². The summed E-state index contributed by atoms with van der Waals surface area (Å²) in [4.78, 5) is 13.8. The molecule has 2 heterocycles. The Balaban J connectivity index is 2.15. The number of halogens is 1. The molecule has 0 fully saturated rings. The SMILES string of the molecule is O=C(O)c1cc(-c2cc(Cl)c3cc[nH]c3c2)on1. The molecule has 0 atom stereocenters. The van der Waals surface area contributed by atoms with Gasteiger partial charge in [-0.2, -0.15) is 0 Å². The van der Waals surface area contributed by atoms with Crippen LogP contribution in [0.2, 0.25) is 5.02 Å². The Morgan fingerprint density at radius 2 is 2.22 bits per heavy atom. The molecule has 0 amide bonds. The number of carbonyl (C=O) groups is 1. The topological polar surface area (TPSA) is 79.1 Å². The van der Waals surface area contributed by atoms with Crippen LogP contribution in [0.5, 0.6) is 0 Å². The molecule has 3 aromatic rings. The number of H-pyrrole nitrogens is 1. The summed E-state index contributed by atoms with van der Waals surface area (Å²) in [5, 5.41) is 13.7. The van der Waals surface area contributed by atoms with Crippen LogP contribution in [0, 0.1) is 0 Å². The molecule has 3 rings (SSSR count). The van der Waals surface area contributed by atoms with E-state index >= 15 is 0 Å². The lowest BCUT2D eigenvalue weighted by Gasteiger charge is -1.99. The average Bonchev–Trinajstić information content (AvgIpc) is 2.97. The van der Waals surface area contributed by atoms with Gasteiger partial charge in [-0.3, -0.25) is 0 Å². The number of nitrogens with zero attached hydrogens (tertiary/aromatic N) is 1. The average molecular weight is 263 g/mol. The van der Waals surface area contributed by atoms with Gasteiger partial charge in [-0.05, 0) is 18.2 Å². The molecule has 0 unspecified atom stereocenters. The van der Waals surface area contributed by atoms with Gasteiger partial charge in [0.2, 0.25) is 0 Å². The number of carboxylic acids is 1. The zero-order valence-corrected chi connectivity index (χ0v) is 9.73. The van der Waals surface area contributed by atoms with Gasteiger partial charge in [-0.15, -0.1) is 0 Å². The highest BCUT2D eigenvalue weighted by molar-refractivity contribution is 6.35. The van der Waals surface area contributed by atoms with E-state index in [4.69, 9.17) is 21.2 Å². The predicted molar refractivity (Wildman–Crippen MR) is 65.8 cm³/mol. The first-order valence-corrected chi connectivity index (χ1v) is 5.50. The molecular weight excluding hydrogens is 256 g/mol. The van der Waals surface area contributed by atoms with Crippen LogP contribution in [0.4, 0.5) is 0 Å². The zero-order chi connectivity index (χ0) is 12.7. The van der Waals surface area contributed by atoms with E-state index in [1.807, 2.05) is 12.1 Å². The summed E-state index contributed by atoms with van der Waals surface area (Å²) in [6.07, 6.45) is 1.78. The summed E-state index contributed by atoms with van der Waals surface area (Å²) in [6, 6.07) is 6.77. The molecule has 0 spiro atoms. The molecule has 0 bridgehead atoms. The van der Waals surface area contributed by atoms with Crippen molar-refractivity contribution in [2.45, 2.75) is 0 Å². The fraction of sp³-hybridized carbons (Fsp3) is 0. The van der Waals surface area contributed by atoms with E-state index in [1.54, 1.807) is 12.3 Å². The van der Waals surface area contributed by atoms with Gasteiger partial charge in [-0.1, -0.05) is 16.8 Å². The Kier molecular flexibility index (Phi) is 2.34. The van der Waals surface area contributed by atoms with Crippen LogP contribution in [0.3, 0.4) is 0 Å². The quantitative estimate of drug-likeness (QED) is 0.743. The van der Waals surface area contributed by atoms with Crippen molar-refractivity contribution in [3.05, 3.63) is 41.2 Å². The normalized spacial score (nSPS) is 10.9. The standard InChI is InChI=1S/C12H7ClN2O3/c13-8-3-6(4-9-7(8)1-2-14-9)11-5-10(12(16)17)15-18-11/h1-5,14H,(H,16,17). The number of nitrogens with one attached hydrogen (secondary N) is 1. The number of benzene rings is 1. The molecule has 18 heavy (non-hydrogen) atoms. The summed E-state index contributed by atoms with van der Waals surface area (Å²) < 4.78 is 4.99. The Morgan fingerprint density at radius 3 is 2.94 bits per heavy atom. The van der Waals surface area contributed by atoms with Crippen LogP contribution in [-0.4, -0.2) is 21.2 Å². The van der Waals surface area contributed by atoms with Gasteiger partial charge in [0.15, 0.2) is 11.5 Å². The predicted octanol–water partition coefficient (Wildman–Crippen LogP) is 3.17. The van der Waals surface area contributed by atoms with Crippen LogP contribution < -0.4 is 0 Å². The van der Waals surface area contributed by atoms with E-state index in [0.717, 1.165) is 10.9 Å². The maximum absolute atomic E-state index is 10.7. The number of fused-ring (bicyclic) bond motifs is 1. The van der Waals surface area contributed by atoms with Crippen molar-refractivity contribution < 1.29 is 14.4 Å². The van der Waals surface area contributed by atoms with Crippen LogP contribution in [0.25, 0.3) is 22.2 Å². The number of hydrogen-bond acceptors (Lipinski definition) is 3. The lowest BCUT2D eigenvalue weighted by molar-refractivity contribution is 0.0686. The molecule has 6 heteroatoms. The number of carboxylic acid groups (broad SMARTS) is 1. The first-order valence-electron chi connectivity index (χ1n) is 5.12. The zero-order valence-electron chi connectivity index (χ0n) is 8.98. The summed E-state index contributed by atoms with van der Waals surface area (Å²) in [5.74, 6) is -0.761. The minimum atomic E-state index is -1.13. The molecule has 0 saturated carbocycles. The lowest BCUT2D eigenvalue weighted by Crippen LogP contribution is -1.94. The summed E-state index contributed by atoms with van der Waals surface area (Å²) >= 11 is 6.12. The smallest absolute Gasteiger partial charge is 0.358 e. The van der Waals surface area contributed by atoms with Crippen molar-refractivity contribution >= 4 is 28.5 Å². The van der Waals surface area contributed by atoms with Gasteiger partial charge in [-0.25, -0.2) is 4.79 Å². The van der Waals surface area contributed by atoms with Crippen molar-refractivity contribution in [1.82, 2.24) is 10.1 Å². The van der Waals surface area contributed by atoms with Crippen molar-refractivity contribution in [3.63, 3.8) is 0 Å². The fourth-order valence-corrected chi connectivity index (χ4v) is 2.06. The first kappa shape index (κ1) is 10.9.